The number of aromatic nitrogens is 4. The minimum atomic E-state index is -0.301. The molecule has 0 saturated heterocycles. The highest BCUT2D eigenvalue weighted by Crippen LogP contribution is 2.48. The van der Waals surface area contributed by atoms with Gasteiger partial charge in [0.05, 0.1) is 22.4 Å². The fourth-order valence-corrected chi connectivity index (χ4v) is 6.11. The Balaban J connectivity index is 1.48. The SMILES string of the molecule is CC1(C)c2cc(-c3ccccc3)cnc2-n2c3ccc(-c4ccccc4)nc3c3nc(-c4ccccc4)cc1c32. The molecule has 0 unspecified atom stereocenters. The van der Waals surface area contributed by atoms with E-state index in [-0.39, 0.29) is 5.41 Å². The van der Waals surface area contributed by atoms with Gasteiger partial charge in [-0.15, -0.1) is 0 Å². The number of pyridine rings is 3. The van der Waals surface area contributed by atoms with Crippen molar-refractivity contribution in [1.82, 2.24) is 19.5 Å². The molecular weight excluding hydrogens is 488 g/mol. The van der Waals surface area contributed by atoms with Crippen molar-refractivity contribution in [2.75, 3.05) is 0 Å². The van der Waals surface area contributed by atoms with Crippen LogP contribution >= 0.6 is 0 Å². The normalized spacial score (nSPS) is 13.4. The third-order valence-corrected chi connectivity index (χ3v) is 8.23. The van der Waals surface area contributed by atoms with Crippen LogP contribution in [0.2, 0.25) is 0 Å². The monoisotopic (exact) mass is 514 g/mol. The van der Waals surface area contributed by atoms with Crippen molar-refractivity contribution in [2.24, 2.45) is 0 Å². The maximum Gasteiger partial charge on any atom is 0.141 e. The highest BCUT2D eigenvalue weighted by atomic mass is 15.1. The van der Waals surface area contributed by atoms with Crippen LogP contribution in [0.3, 0.4) is 0 Å². The third kappa shape index (κ3) is 3.29. The summed E-state index contributed by atoms with van der Waals surface area (Å²) < 4.78 is 2.28. The molecular formula is C36H26N4. The lowest BCUT2D eigenvalue weighted by Crippen LogP contribution is -2.27. The molecule has 4 aromatic heterocycles. The Hall–Kier alpha value is -5.09. The summed E-state index contributed by atoms with van der Waals surface area (Å²) in [5, 5.41) is 0. The average Bonchev–Trinajstić information content (AvgIpc) is 3.34. The molecule has 4 heteroatoms. The summed E-state index contributed by atoms with van der Waals surface area (Å²) in [6.45, 7) is 4.60. The summed E-state index contributed by atoms with van der Waals surface area (Å²) in [4.78, 5) is 15.6. The van der Waals surface area contributed by atoms with Crippen LogP contribution in [0.5, 0.6) is 0 Å². The van der Waals surface area contributed by atoms with Gasteiger partial charge in [-0.1, -0.05) is 105 Å². The van der Waals surface area contributed by atoms with Crippen molar-refractivity contribution < 1.29 is 0 Å². The van der Waals surface area contributed by atoms with E-state index in [1.165, 1.54) is 11.1 Å². The molecule has 0 amide bonds. The Morgan fingerprint density at radius 1 is 0.550 bits per heavy atom. The Morgan fingerprint density at radius 2 is 1.15 bits per heavy atom. The van der Waals surface area contributed by atoms with Crippen LogP contribution < -0.4 is 0 Å². The van der Waals surface area contributed by atoms with E-state index in [1.807, 2.05) is 24.4 Å². The van der Waals surface area contributed by atoms with E-state index in [4.69, 9.17) is 15.0 Å². The largest absolute Gasteiger partial charge is 0.290 e. The van der Waals surface area contributed by atoms with E-state index < -0.39 is 0 Å². The van der Waals surface area contributed by atoms with Crippen LogP contribution in [0, 0.1) is 0 Å². The summed E-state index contributed by atoms with van der Waals surface area (Å²) in [6, 6.07) is 40.1. The lowest BCUT2D eigenvalue weighted by Gasteiger charge is -2.34. The molecule has 40 heavy (non-hydrogen) atoms. The van der Waals surface area contributed by atoms with Crippen molar-refractivity contribution >= 4 is 22.1 Å². The molecule has 190 valence electrons. The quantitative estimate of drug-likeness (QED) is 0.237. The average molecular weight is 515 g/mol. The molecule has 0 radical (unpaired) electrons. The maximum absolute atomic E-state index is 5.26. The third-order valence-electron chi connectivity index (χ3n) is 8.23. The van der Waals surface area contributed by atoms with Gasteiger partial charge >= 0.3 is 0 Å². The minimum absolute atomic E-state index is 0.301. The summed E-state index contributed by atoms with van der Waals surface area (Å²) in [7, 11) is 0. The van der Waals surface area contributed by atoms with Crippen LogP contribution in [-0.4, -0.2) is 19.5 Å². The summed E-state index contributed by atoms with van der Waals surface area (Å²) in [5.41, 5.74) is 12.4. The Kier molecular flexibility index (Phi) is 4.83. The van der Waals surface area contributed by atoms with Crippen molar-refractivity contribution in [3.05, 3.63) is 133 Å². The Labute approximate surface area is 232 Å². The van der Waals surface area contributed by atoms with Crippen LogP contribution in [0.4, 0.5) is 0 Å². The first kappa shape index (κ1) is 22.9. The van der Waals surface area contributed by atoms with Crippen molar-refractivity contribution in [1.29, 1.82) is 0 Å². The number of rotatable bonds is 3. The predicted octanol–water partition coefficient (Wildman–Crippen LogP) is 8.61. The molecule has 1 aliphatic heterocycles. The Bertz CT molecular complexity index is 2060. The van der Waals surface area contributed by atoms with E-state index >= 15 is 0 Å². The number of fused-ring (bicyclic) bond motifs is 5. The zero-order valence-electron chi connectivity index (χ0n) is 22.3. The summed E-state index contributed by atoms with van der Waals surface area (Å²) >= 11 is 0. The molecule has 0 aliphatic carbocycles. The second kappa shape index (κ2) is 8.45. The number of hydrogen-bond donors (Lipinski definition) is 0. The first-order chi connectivity index (χ1) is 19.6. The van der Waals surface area contributed by atoms with Gasteiger partial charge in [0.25, 0.3) is 0 Å². The minimum Gasteiger partial charge on any atom is -0.290 e. The van der Waals surface area contributed by atoms with E-state index in [0.29, 0.717) is 0 Å². The number of benzene rings is 3. The molecule has 8 rings (SSSR count). The molecule has 4 nitrogen and oxygen atoms in total. The van der Waals surface area contributed by atoms with E-state index in [1.54, 1.807) is 0 Å². The van der Waals surface area contributed by atoms with Crippen LogP contribution in [0.15, 0.2) is 121 Å². The van der Waals surface area contributed by atoms with Gasteiger partial charge in [0, 0.05) is 33.9 Å². The first-order valence-corrected chi connectivity index (χ1v) is 13.6. The van der Waals surface area contributed by atoms with Gasteiger partial charge in [0.1, 0.15) is 16.9 Å². The molecule has 0 spiro atoms. The molecule has 0 bridgehead atoms. The topological polar surface area (TPSA) is 43.6 Å². The Morgan fingerprint density at radius 3 is 1.82 bits per heavy atom. The van der Waals surface area contributed by atoms with Crippen molar-refractivity contribution in [3.63, 3.8) is 0 Å². The molecule has 0 N–H and O–H groups in total. The van der Waals surface area contributed by atoms with Crippen LogP contribution in [0.1, 0.15) is 25.0 Å². The van der Waals surface area contributed by atoms with E-state index in [9.17, 15) is 0 Å². The maximum atomic E-state index is 5.26. The molecule has 0 atom stereocenters. The second-order valence-electron chi connectivity index (χ2n) is 11.0. The molecule has 1 aliphatic rings. The lowest BCUT2D eigenvalue weighted by atomic mass is 9.75. The molecule has 3 aromatic carbocycles. The van der Waals surface area contributed by atoms with Gasteiger partial charge in [-0.2, -0.15) is 0 Å². The number of nitrogens with zero attached hydrogens (tertiary/aromatic N) is 4. The second-order valence-corrected chi connectivity index (χ2v) is 11.0. The standard InChI is InChI=1S/C36H26N4/c1-36(2)27-21-30(25-16-10-5-11-17-25)39-33-32-31(19-18-29(38-32)24-14-8-4-9-15-24)40(34(27)33)35-28(36)20-26(22-37-35)23-12-6-3-7-13-23/h3-22H,1-2H3. The molecule has 5 heterocycles. The molecule has 0 saturated carbocycles. The van der Waals surface area contributed by atoms with Gasteiger partial charge in [-0.3, -0.25) is 4.57 Å². The van der Waals surface area contributed by atoms with Gasteiger partial charge < -0.3 is 0 Å². The molecule has 0 fully saturated rings. The van der Waals surface area contributed by atoms with Crippen molar-refractivity contribution in [3.8, 4) is 39.5 Å². The zero-order chi connectivity index (χ0) is 26.8. The highest BCUT2D eigenvalue weighted by Gasteiger charge is 2.37. The summed E-state index contributed by atoms with van der Waals surface area (Å²) in [5.74, 6) is 0.945. The smallest absolute Gasteiger partial charge is 0.141 e. The van der Waals surface area contributed by atoms with E-state index in [0.717, 1.165) is 61.5 Å². The first-order valence-electron chi connectivity index (χ1n) is 13.6. The van der Waals surface area contributed by atoms with Gasteiger partial charge in [0.2, 0.25) is 0 Å². The van der Waals surface area contributed by atoms with Gasteiger partial charge in [-0.25, -0.2) is 15.0 Å². The van der Waals surface area contributed by atoms with Crippen LogP contribution in [-0.2, 0) is 5.41 Å². The van der Waals surface area contributed by atoms with Gasteiger partial charge in [-0.05, 0) is 35.4 Å². The van der Waals surface area contributed by atoms with Gasteiger partial charge in [0.15, 0.2) is 0 Å². The lowest BCUT2D eigenvalue weighted by molar-refractivity contribution is 0.624. The predicted molar refractivity (Wildman–Crippen MR) is 163 cm³/mol. The fourth-order valence-electron chi connectivity index (χ4n) is 6.11. The van der Waals surface area contributed by atoms with Crippen molar-refractivity contribution in [2.45, 2.75) is 19.3 Å². The van der Waals surface area contributed by atoms with Crippen LogP contribution in [0.25, 0.3) is 61.5 Å². The molecule has 7 aromatic rings. The summed E-state index contributed by atoms with van der Waals surface area (Å²) in [6.07, 6.45) is 1.99. The zero-order valence-corrected chi connectivity index (χ0v) is 22.3. The fraction of sp³-hybridized carbons (Fsp3) is 0.0833. The van der Waals surface area contributed by atoms with E-state index in [2.05, 4.69) is 115 Å². The number of hydrogen-bond acceptors (Lipinski definition) is 3. The highest BCUT2D eigenvalue weighted by molar-refractivity contribution is 6.08.